The Morgan fingerprint density at radius 2 is 1.80 bits per heavy atom. The normalized spacial score (nSPS) is 10.0. The van der Waals surface area contributed by atoms with Crippen LogP contribution in [-0.2, 0) is 0 Å². The maximum atomic E-state index is 11.1. The fraction of sp³-hybridized carbons (Fsp3) is 0. The predicted molar refractivity (Wildman–Crippen MR) is 75.4 cm³/mol. The number of pyridine rings is 1. The number of amides is 2. The summed E-state index contributed by atoms with van der Waals surface area (Å²) in [5, 5.41) is 2.91. The van der Waals surface area contributed by atoms with Gasteiger partial charge < -0.3 is 22.5 Å². The van der Waals surface area contributed by atoms with Gasteiger partial charge in [0.25, 0.3) is 5.91 Å². The summed E-state index contributed by atoms with van der Waals surface area (Å²) in [4.78, 5) is 26.2. The SMILES string of the molecule is NC(=O)c1cccc(Nc2nc(C(N)=O)ccc2N)c1. The van der Waals surface area contributed by atoms with Crippen LogP contribution in [0.2, 0.25) is 0 Å². The van der Waals surface area contributed by atoms with Crippen molar-refractivity contribution in [3.63, 3.8) is 0 Å². The summed E-state index contributed by atoms with van der Waals surface area (Å²) in [6.45, 7) is 0. The van der Waals surface area contributed by atoms with Crippen molar-refractivity contribution in [2.75, 3.05) is 11.1 Å². The van der Waals surface area contributed by atoms with Crippen LogP contribution in [0, 0.1) is 0 Å². The van der Waals surface area contributed by atoms with E-state index in [-0.39, 0.29) is 11.5 Å². The van der Waals surface area contributed by atoms with Crippen molar-refractivity contribution in [3.05, 3.63) is 47.7 Å². The smallest absolute Gasteiger partial charge is 0.267 e. The average molecular weight is 271 g/mol. The number of nitrogens with two attached hydrogens (primary N) is 3. The zero-order valence-electron chi connectivity index (χ0n) is 10.5. The molecule has 0 aliphatic carbocycles. The van der Waals surface area contributed by atoms with E-state index >= 15 is 0 Å². The first-order valence-corrected chi connectivity index (χ1v) is 5.70. The van der Waals surface area contributed by atoms with Crippen LogP contribution >= 0.6 is 0 Å². The van der Waals surface area contributed by atoms with E-state index in [9.17, 15) is 9.59 Å². The van der Waals surface area contributed by atoms with Gasteiger partial charge in [-0.1, -0.05) is 6.07 Å². The van der Waals surface area contributed by atoms with Crippen LogP contribution in [-0.4, -0.2) is 16.8 Å². The average Bonchev–Trinajstić information content (AvgIpc) is 2.41. The standard InChI is InChI=1S/C13H13N5O2/c14-9-4-5-10(12(16)20)18-13(9)17-8-3-1-2-7(6-8)11(15)19/h1-6H,14H2,(H2,15,19)(H2,16,20)(H,17,18). The minimum atomic E-state index is -0.654. The van der Waals surface area contributed by atoms with E-state index in [0.717, 1.165) is 0 Å². The van der Waals surface area contributed by atoms with Crippen LogP contribution in [0.1, 0.15) is 20.8 Å². The second kappa shape index (κ2) is 5.27. The van der Waals surface area contributed by atoms with Gasteiger partial charge in [-0.3, -0.25) is 9.59 Å². The molecule has 2 aromatic rings. The number of carbonyl (C=O) groups is 2. The number of rotatable bonds is 4. The van der Waals surface area contributed by atoms with Gasteiger partial charge in [-0.05, 0) is 30.3 Å². The molecule has 1 aromatic carbocycles. The Kier molecular flexibility index (Phi) is 3.52. The summed E-state index contributed by atoms with van der Waals surface area (Å²) in [5.41, 5.74) is 17.5. The lowest BCUT2D eigenvalue weighted by atomic mass is 10.2. The molecule has 0 bridgehead atoms. The van der Waals surface area contributed by atoms with Crippen LogP contribution in [0.5, 0.6) is 0 Å². The summed E-state index contributed by atoms with van der Waals surface area (Å²) in [5.74, 6) is -0.915. The largest absolute Gasteiger partial charge is 0.396 e. The second-order valence-electron chi connectivity index (χ2n) is 4.07. The number of primary amides is 2. The molecule has 0 unspecified atom stereocenters. The first-order valence-electron chi connectivity index (χ1n) is 5.70. The van der Waals surface area contributed by atoms with E-state index in [1.165, 1.54) is 12.1 Å². The molecule has 7 N–H and O–H groups in total. The first kappa shape index (κ1) is 13.3. The lowest BCUT2D eigenvalue weighted by Crippen LogP contribution is -2.14. The lowest BCUT2D eigenvalue weighted by Gasteiger charge is -2.10. The third-order valence-electron chi connectivity index (χ3n) is 2.59. The van der Waals surface area contributed by atoms with Gasteiger partial charge in [0.15, 0.2) is 5.82 Å². The minimum Gasteiger partial charge on any atom is -0.396 e. The molecule has 0 saturated carbocycles. The summed E-state index contributed by atoms with van der Waals surface area (Å²) in [6, 6.07) is 9.47. The molecule has 0 aliphatic heterocycles. The topological polar surface area (TPSA) is 137 Å². The van der Waals surface area contributed by atoms with E-state index in [0.29, 0.717) is 16.9 Å². The number of hydrogen-bond acceptors (Lipinski definition) is 5. The number of nitrogens with one attached hydrogen (secondary N) is 1. The molecule has 0 atom stereocenters. The molecule has 7 nitrogen and oxygen atoms in total. The molecule has 2 amide bonds. The van der Waals surface area contributed by atoms with Gasteiger partial charge in [-0.25, -0.2) is 4.98 Å². The van der Waals surface area contributed by atoms with Crippen molar-refractivity contribution in [3.8, 4) is 0 Å². The third-order valence-corrected chi connectivity index (χ3v) is 2.59. The molecule has 20 heavy (non-hydrogen) atoms. The van der Waals surface area contributed by atoms with Gasteiger partial charge in [-0.15, -0.1) is 0 Å². The molecule has 1 heterocycles. The predicted octanol–water partition coefficient (Wildman–Crippen LogP) is 0.605. The van der Waals surface area contributed by atoms with E-state index in [2.05, 4.69) is 10.3 Å². The van der Waals surface area contributed by atoms with Crippen molar-refractivity contribution in [1.29, 1.82) is 0 Å². The Bertz CT molecular complexity index is 684. The van der Waals surface area contributed by atoms with Crippen LogP contribution < -0.4 is 22.5 Å². The summed E-state index contributed by atoms with van der Waals surface area (Å²) >= 11 is 0. The van der Waals surface area contributed by atoms with E-state index in [1.54, 1.807) is 24.3 Å². The highest BCUT2D eigenvalue weighted by molar-refractivity contribution is 5.94. The number of anilines is 3. The molecular formula is C13H13N5O2. The fourth-order valence-corrected chi connectivity index (χ4v) is 1.59. The molecule has 1 aromatic heterocycles. The van der Waals surface area contributed by atoms with Gasteiger partial charge in [0.1, 0.15) is 5.69 Å². The van der Waals surface area contributed by atoms with Crippen molar-refractivity contribution in [2.45, 2.75) is 0 Å². The number of carbonyl (C=O) groups excluding carboxylic acids is 2. The Hall–Kier alpha value is -3.09. The van der Waals surface area contributed by atoms with Crippen molar-refractivity contribution in [1.82, 2.24) is 4.98 Å². The van der Waals surface area contributed by atoms with Gasteiger partial charge in [0.05, 0.1) is 5.69 Å². The van der Waals surface area contributed by atoms with Crippen LogP contribution in [0.25, 0.3) is 0 Å². The second-order valence-corrected chi connectivity index (χ2v) is 4.07. The molecule has 0 radical (unpaired) electrons. The van der Waals surface area contributed by atoms with Crippen LogP contribution in [0.15, 0.2) is 36.4 Å². The monoisotopic (exact) mass is 271 g/mol. The maximum absolute atomic E-state index is 11.1. The van der Waals surface area contributed by atoms with Crippen molar-refractivity contribution < 1.29 is 9.59 Å². The van der Waals surface area contributed by atoms with E-state index < -0.39 is 11.8 Å². The summed E-state index contributed by atoms with van der Waals surface area (Å²) in [6.07, 6.45) is 0. The van der Waals surface area contributed by atoms with Gasteiger partial charge >= 0.3 is 0 Å². The molecule has 102 valence electrons. The Morgan fingerprint density at radius 3 is 2.45 bits per heavy atom. The Labute approximate surface area is 114 Å². The highest BCUT2D eigenvalue weighted by Gasteiger charge is 2.08. The number of aromatic nitrogens is 1. The number of hydrogen-bond donors (Lipinski definition) is 4. The van der Waals surface area contributed by atoms with E-state index in [1.807, 2.05) is 0 Å². The molecule has 2 rings (SSSR count). The Balaban J connectivity index is 2.34. The lowest BCUT2D eigenvalue weighted by molar-refractivity contribution is 0.0989. The van der Waals surface area contributed by atoms with Gasteiger partial charge in [0, 0.05) is 11.3 Å². The van der Waals surface area contributed by atoms with Crippen molar-refractivity contribution >= 4 is 29.0 Å². The quantitative estimate of drug-likeness (QED) is 0.645. The zero-order valence-corrected chi connectivity index (χ0v) is 10.5. The van der Waals surface area contributed by atoms with Crippen molar-refractivity contribution in [2.24, 2.45) is 11.5 Å². The zero-order chi connectivity index (χ0) is 14.7. The van der Waals surface area contributed by atoms with Gasteiger partial charge in [0.2, 0.25) is 5.91 Å². The first-order chi connectivity index (χ1) is 9.47. The van der Waals surface area contributed by atoms with Crippen LogP contribution in [0.4, 0.5) is 17.2 Å². The Morgan fingerprint density at radius 1 is 1.05 bits per heavy atom. The fourth-order valence-electron chi connectivity index (χ4n) is 1.59. The highest BCUT2D eigenvalue weighted by Crippen LogP contribution is 2.21. The molecule has 0 fully saturated rings. The molecule has 0 spiro atoms. The summed E-state index contributed by atoms with van der Waals surface area (Å²) < 4.78 is 0. The minimum absolute atomic E-state index is 0.0905. The number of benzene rings is 1. The van der Waals surface area contributed by atoms with Crippen LogP contribution in [0.3, 0.4) is 0 Å². The third kappa shape index (κ3) is 2.83. The molecule has 7 heteroatoms. The maximum Gasteiger partial charge on any atom is 0.267 e. The molecule has 0 aliphatic rings. The molecular weight excluding hydrogens is 258 g/mol. The van der Waals surface area contributed by atoms with Gasteiger partial charge in [-0.2, -0.15) is 0 Å². The highest BCUT2D eigenvalue weighted by atomic mass is 16.1. The summed E-state index contributed by atoms with van der Waals surface area (Å²) in [7, 11) is 0. The van der Waals surface area contributed by atoms with E-state index in [4.69, 9.17) is 17.2 Å². The number of nitrogens with zero attached hydrogens (tertiary/aromatic N) is 1. The number of nitrogen functional groups attached to an aromatic ring is 1. The molecule has 0 saturated heterocycles.